The molecule has 2 radical (unpaired) electrons. The Hall–Kier alpha value is 0.259. The lowest BCUT2D eigenvalue weighted by Gasteiger charge is -2.52. The van der Waals surface area contributed by atoms with E-state index in [4.69, 9.17) is 35.0 Å². The van der Waals surface area contributed by atoms with E-state index in [2.05, 4.69) is 55.4 Å². The fourth-order valence-electron chi connectivity index (χ4n) is 4.96. The average molecular weight is 428 g/mol. The van der Waals surface area contributed by atoms with Gasteiger partial charge in [0.1, 0.15) is 20.1 Å². The van der Waals surface area contributed by atoms with Crippen LogP contribution < -0.4 is 0 Å². The van der Waals surface area contributed by atoms with Gasteiger partial charge in [0, 0.05) is 0 Å². The highest BCUT2D eigenvalue weighted by Gasteiger charge is 2.66. The van der Waals surface area contributed by atoms with Crippen molar-refractivity contribution in [1.29, 1.82) is 0 Å². The Labute approximate surface area is 173 Å². The van der Waals surface area contributed by atoms with Crippen molar-refractivity contribution in [2.75, 3.05) is 19.8 Å². The maximum absolute atomic E-state index is 7.18. The Morgan fingerprint density at radius 1 is 0.821 bits per heavy atom. The fraction of sp³-hybridized carbons (Fsp3) is 1.00. The van der Waals surface area contributed by atoms with Gasteiger partial charge in [0.05, 0.1) is 25.8 Å². The summed E-state index contributed by atoms with van der Waals surface area (Å²) in [6, 6.07) is -0.702. The van der Waals surface area contributed by atoms with Crippen LogP contribution in [0, 0.1) is 0 Å². The largest absolute Gasteiger partial charge is 0.414 e. The molecule has 2 unspecified atom stereocenters. The Morgan fingerprint density at radius 2 is 1.32 bits per heavy atom. The number of hydrogen-bond donors (Lipinski definition) is 0. The third-order valence-electron chi connectivity index (χ3n) is 6.51. The molecule has 3 fully saturated rings. The summed E-state index contributed by atoms with van der Waals surface area (Å²) >= 11 is 0. The summed E-state index contributed by atoms with van der Waals surface area (Å²) in [5.74, 6) is -1.07. The lowest BCUT2D eigenvalue weighted by molar-refractivity contribution is -0.209. The molecule has 9 heteroatoms. The number of fused-ring (bicyclic) bond motifs is 2. The zero-order chi connectivity index (χ0) is 20.9. The molecule has 1 spiro atoms. The molecule has 3 heterocycles. The van der Waals surface area contributed by atoms with Gasteiger partial charge in [0.15, 0.2) is 0 Å². The Bertz CT molecular complexity index is 537. The normalized spacial score (nSPS) is 34.4. The van der Waals surface area contributed by atoms with E-state index in [1.807, 2.05) is 0 Å². The second-order valence-electron chi connectivity index (χ2n) is 9.53. The minimum Gasteiger partial charge on any atom is -0.414 e. The SMILES string of the molecule is [B]C1OC2CO[Si](C(C)C)(C(C)C)O[Si](C(C)C)(C(C)C)O[C@H]2C12OCCO2. The van der Waals surface area contributed by atoms with E-state index >= 15 is 0 Å². The van der Waals surface area contributed by atoms with Gasteiger partial charge in [-0.3, -0.25) is 0 Å². The first-order valence-electron chi connectivity index (χ1n) is 10.7. The quantitative estimate of drug-likeness (QED) is 0.638. The number of hydrogen-bond acceptors (Lipinski definition) is 6. The molecule has 3 aliphatic heterocycles. The predicted octanol–water partition coefficient (Wildman–Crippen LogP) is 3.58. The molecular formula is C19H37BO6Si2. The topological polar surface area (TPSA) is 55.4 Å². The van der Waals surface area contributed by atoms with Crippen molar-refractivity contribution in [3.63, 3.8) is 0 Å². The van der Waals surface area contributed by atoms with E-state index in [-0.39, 0.29) is 17.2 Å². The summed E-state index contributed by atoms with van der Waals surface area (Å²) in [6.07, 6.45) is -0.779. The van der Waals surface area contributed by atoms with Crippen LogP contribution in [0.3, 0.4) is 0 Å². The molecule has 0 saturated carbocycles. The summed E-state index contributed by atoms with van der Waals surface area (Å²) < 4.78 is 39.0. The van der Waals surface area contributed by atoms with Crippen LogP contribution in [0.4, 0.5) is 0 Å². The van der Waals surface area contributed by atoms with Crippen molar-refractivity contribution in [3.05, 3.63) is 0 Å². The summed E-state index contributed by atoms with van der Waals surface area (Å²) in [7, 11) is 1.01. The first-order chi connectivity index (χ1) is 13.0. The molecule has 28 heavy (non-hydrogen) atoms. The molecule has 0 aliphatic carbocycles. The number of ether oxygens (including phenoxy) is 3. The third kappa shape index (κ3) is 3.39. The van der Waals surface area contributed by atoms with Crippen LogP contribution in [0.1, 0.15) is 55.4 Å². The molecule has 0 aromatic carbocycles. The standard InChI is InChI=1S/C19H37BO6Si2/c1-12(2)27(13(3)4)23-11-16-17(19(18(20)24-16)21-9-10-22-19)25-28(26-27,14(5)6)15(7)8/h12-18H,9-11H2,1-8H3/t16?,17-,18?/m1/s1. The minimum atomic E-state index is -2.75. The van der Waals surface area contributed by atoms with Crippen LogP contribution in [-0.2, 0) is 27.2 Å². The van der Waals surface area contributed by atoms with Crippen molar-refractivity contribution < 1.29 is 27.2 Å². The van der Waals surface area contributed by atoms with Crippen molar-refractivity contribution in [1.82, 2.24) is 0 Å². The Balaban J connectivity index is 2.09. The molecule has 6 nitrogen and oxygen atoms in total. The van der Waals surface area contributed by atoms with Gasteiger partial charge in [-0.25, -0.2) is 0 Å². The van der Waals surface area contributed by atoms with Crippen LogP contribution in [0.5, 0.6) is 0 Å². The van der Waals surface area contributed by atoms with Crippen molar-refractivity contribution in [2.45, 2.75) is 102 Å². The molecule has 0 amide bonds. The summed E-state index contributed by atoms with van der Waals surface area (Å²) in [6.45, 7) is 19.0. The third-order valence-corrected chi connectivity index (χ3v) is 16.7. The van der Waals surface area contributed by atoms with Crippen LogP contribution >= 0.6 is 0 Å². The lowest BCUT2D eigenvalue weighted by atomic mass is 9.89. The van der Waals surface area contributed by atoms with E-state index in [1.54, 1.807) is 0 Å². The molecule has 3 rings (SSSR count). The Kier molecular flexibility index (Phi) is 6.61. The fourth-order valence-corrected chi connectivity index (χ4v) is 16.2. The van der Waals surface area contributed by atoms with Gasteiger partial charge in [-0.1, -0.05) is 55.4 Å². The number of rotatable bonds is 4. The molecule has 3 saturated heterocycles. The van der Waals surface area contributed by atoms with Gasteiger partial charge in [-0.15, -0.1) is 0 Å². The molecule has 3 atom stereocenters. The average Bonchev–Trinajstić information content (AvgIpc) is 3.15. The van der Waals surface area contributed by atoms with E-state index in [0.29, 0.717) is 30.9 Å². The van der Waals surface area contributed by atoms with E-state index in [0.717, 1.165) is 0 Å². The first kappa shape index (κ1) is 22.9. The van der Waals surface area contributed by atoms with E-state index in [1.165, 1.54) is 0 Å². The molecule has 0 aromatic rings. The second kappa shape index (κ2) is 8.07. The highest BCUT2D eigenvalue weighted by Crippen LogP contribution is 2.50. The van der Waals surface area contributed by atoms with Gasteiger partial charge in [-0.05, 0) is 22.2 Å². The summed E-state index contributed by atoms with van der Waals surface area (Å²) in [5.41, 5.74) is 1.05. The molecule has 0 N–H and O–H groups in total. The van der Waals surface area contributed by atoms with Gasteiger partial charge < -0.3 is 27.2 Å². The maximum atomic E-state index is 7.18. The summed E-state index contributed by atoms with van der Waals surface area (Å²) in [5, 5.41) is 0. The van der Waals surface area contributed by atoms with E-state index < -0.39 is 35.0 Å². The molecule has 160 valence electrons. The molecule has 0 bridgehead atoms. The molecule has 3 aliphatic rings. The summed E-state index contributed by atoms with van der Waals surface area (Å²) in [4.78, 5) is 0. The maximum Gasteiger partial charge on any atom is 0.335 e. The van der Waals surface area contributed by atoms with Crippen molar-refractivity contribution in [2.24, 2.45) is 0 Å². The zero-order valence-corrected chi connectivity index (χ0v) is 20.7. The van der Waals surface area contributed by atoms with Gasteiger partial charge in [0.25, 0.3) is 0 Å². The van der Waals surface area contributed by atoms with Gasteiger partial charge in [0.2, 0.25) is 5.79 Å². The van der Waals surface area contributed by atoms with Crippen molar-refractivity contribution >= 4 is 25.0 Å². The molecular weight excluding hydrogens is 391 g/mol. The Morgan fingerprint density at radius 3 is 1.79 bits per heavy atom. The minimum absolute atomic E-state index is 0.231. The van der Waals surface area contributed by atoms with Gasteiger partial charge >= 0.3 is 17.1 Å². The first-order valence-corrected chi connectivity index (χ1v) is 14.7. The zero-order valence-electron chi connectivity index (χ0n) is 18.7. The van der Waals surface area contributed by atoms with Crippen molar-refractivity contribution in [3.8, 4) is 0 Å². The second-order valence-corrected chi connectivity index (χ2v) is 18.4. The lowest BCUT2D eigenvalue weighted by Crippen LogP contribution is -2.67. The smallest absolute Gasteiger partial charge is 0.335 e. The van der Waals surface area contributed by atoms with E-state index in [9.17, 15) is 0 Å². The van der Waals surface area contributed by atoms with Crippen LogP contribution in [0.15, 0.2) is 0 Å². The van der Waals surface area contributed by atoms with Crippen LogP contribution in [0.2, 0.25) is 22.2 Å². The predicted molar refractivity (Wildman–Crippen MR) is 113 cm³/mol. The monoisotopic (exact) mass is 428 g/mol. The van der Waals surface area contributed by atoms with Crippen LogP contribution in [0.25, 0.3) is 0 Å². The highest BCUT2D eigenvalue weighted by molar-refractivity contribution is 6.84. The highest BCUT2D eigenvalue weighted by atomic mass is 28.5. The van der Waals surface area contributed by atoms with Crippen LogP contribution in [-0.4, -0.2) is 68.8 Å². The molecule has 0 aromatic heterocycles. The van der Waals surface area contributed by atoms with Gasteiger partial charge in [-0.2, -0.15) is 0 Å².